The molecule has 0 unspecified atom stereocenters. The normalized spacial score (nSPS) is 14.0. The van der Waals surface area contributed by atoms with Crippen LogP contribution < -0.4 is 5.32 Å². The summed E-state index contributed by atoms with van der Waals surface area (Å²) >= 11 is 0. The van der Waals surface area contributed by atoms with E-state index in [1.165, 1.54) is 12.8 Å². The number of hydrogen-bond donors (Lipinski definition) is 1. The van der Waals surface area contributed by atoms with Crippen LogP contribution in [0, 0.1) is 5.92 Å². The Hall–Kier alpha value is -1.61. The molecule has 1 heterocycles. The second-order valence-corrected chi connectivity index (χ2v) is 6.47. The molecule has 0 amide bonds. The van der Waals surface area contributed by atoms with Gasteiger partial charge < -0.3 is 15.0 Å². The lowest BCUT2D eigenvalue weighted by molar-refractivity contribution is 0.115. The van der Waals surface area contributed by atoms with Crippen molar-refractivity contribution in [3.63, 3.8) is 0 Å². The van der Waals surface area contributed by atoms with Crippen LogP contribution in [-0.2, 0) is 11.3 Å². The lowest BCUT2D eigenvalue weighted by atomic mass is 10.3. The van der Waals surface area contributed by atoms with Crippen LogP contribution in [-0.4, -0.2) is 54.5 Å². The van der Waals surface area contributed by atoms with Gasteiger partial charge >= 0.3 is 0 Å². The molecule has 1 aromatic carbocycles. The highest BCUT2D eigenvalue weighted by atomic mass is 127. The zero-order valence-electron chi connectivity index (χ0n) is 15.5. The first kappa shape index (κ1) is 20.7. The number of aliphatic imine (C=N–C) groups is 1. The summed E-state index contributed by atoms with van der Waals surface area (Å²) in [6, 6.07) is 10.1. The molecule has 0 saturated heterocycles. The van der Waals surface area contributed by atoms with E-state index in [1.807, 2.05) is 54.5 Å². The average Bonchev–Trinajstić information content (AvgIpc) is 3.35. The largest absolute Gasteiger partial charge is 0.379 e. The molecular weight excluding hydrogens is 441 g/mol. The van der Waals surface area contributed by atoms with Crippen LogP contribution in [0.25, 0.3) is 5.69 Å². The van der Waals surface area contributed by atoms with Gasteiger partial charge in [0, 0.05) is 45.6 Å². The van der Waals surface area contributed by atoms with Crippen molar-refractivity contribution in [1.82, 2.24) is 20.0 Å². The minimum Gasteiger partial charge on any atom is -0.379 e. The quantitative estimate of drug-likeness (QED) is 0.280. The van der Waals surface area contributed by atoms with Gasteiger partial charge in [0.2, 0.25) is 0 Å². The highest BCUT2D eigenvalue weighted by molar-refractivity contribution is 14.0. The number of ether oxygens (including phenoxy) is 1. The maximum absolute atomic E-state index is 5.70. The van der Waals surface area contributed by atoms with E-state index in [-0.39, 0.29) is 24.0 Å². The van der Waals surface area contributed by atoms with Gasteiger partial charge in [0.15, 0.2) is 5.96 Å². The van der Waals surface area contributed by atoms with Crippen molar-refractivity contribution >= 4 is 29.9 Å². The number of halogens is 1. The maximum atomic E-state index is 5.70. The van der Waals surface area contributed by atoms with Gasteiger partial charge in [-0.05, 0) is 30.9 Å². The first-order chi connectivity index (χ1) is 12.3. The van der Waals surface area contributed by atoms with Crippen molar-refractivity contribution in [2.45, 2.75) is 19.4 Å². The van der Waals surface area contributed by atoms with Crippen molar-refractivity contribution in [1.29, 1.82) is 0 Å². The van der Waals surface area contributed by atoms with E-state index in [0.29, 0.717) is 6.54 Å². The van der Waals surface area contributed by atoms with Crippen molar-refractivity contribution in [2.75, 3.05) is 33.9 Å². The summed E-state index contributed by atoms with van der Waals surface area (Å²) in [6.07, 6.45) is 6.58. The van der Waals surface area contributed by atoms with Crippen LogP contribution in [0.5, 0.6) is 0 Å². The van der Waals surface area contributed by atoms with E-state index < -0.39 is 0 Å². The van der Waals surface area contributed by atoms with E-state index in [9.17, 15) is 0 Å². The molecule has 0 atom stereocenters. The molecule has 0 spiro atoms. The topological polar surface area (TPSA) is 54.7 Å². The van der Waals surface area contributed by atoms with Crippen LogP contribution in [0.2, 0.25) is 0 Å². The number of para-hydroxylation sites is 1. The molecule has 7 heteroatoms. The Morgan fingerprint density at radius 2 is 2.12 bits per heavy atom. The molecule has 1 saturated carbocycles. The third kappa shape index (κ3) is 6.28. The third-order valence-corrected chi connectivity index (χ3v) is 4.30. The lowest BCUT2D eigenvalue weighted by Gasteiger charge is -2.21. The predicted molar refractivity (Wildman–Crippen MR) is 115 cm³/mol. The molecule has 0 bridgehead atoms. The van der Waals surface area contributed by atoms with Gasteiger partial charge in [0.1, 0.15) is 0 Å². The average molecular weight is 469 g/mol. The molecule has 1 aliphatic rings. The summed E-state index contributed by atoms with van der Waals surface area (Å²) in [6.45, 7) is 3.15. The molecular formula is C19H28IN5O. The minimum atomic E-state index is 0. The van der Waals surface area contributed by atoms with E-state index in [2.05, 4.69) is 20.3 Å². The van der Waals surface area contributed by atoms with Gasteiger partial charge in [-0.2, -0.15) is 5.10 Å². The SMILES string of the molecule is CN=C(NCc1cnn(-c2ccccc2)c1)N(C)CCOCC1CC1.I. The first-order valence-electron chi connectivity index (χ1n) is 8.85. The number of likely N-dealkylation sites (N-methyl/N-ethyl adjacent to an activating group) is 1. The van der Waals surface area contributed by atoms with Crippen molar-refractivity contribution in [3.05, 3.63) is 48.3 Å². The zero-order chi connectivity index (χ0) is 17.5. The number of nitrogens with zero attached hydrogens (tertiary/aromatic N) is 4. The summed E-state index contributed by atoms with van der Waals surface area (Å²) in [5, 5.41) is 7.80. The molecule has 2 aromatic rings. The Labute approximate surface area is 172 Å². The van der Waals surface area contributed by atoms with Crippen LogP contribution in [0.1, 0.15) is 18.4 Å². The summed E-state index contributed by atoms with van der Waals surface area (Å²) < 4.78 is 7.58. The van der Waals surface area contributed by atoms with Gasteiger partial charge in [0.25, 0.3) is 0 Å². The number of aromatic nitrogens is 2. The monoisotopic (exact) mass is 469 g/mol. The predicted octanol–water partition coefficient (Wildman–Crippen LogP) is 2.92. The van der Waals surface area contributed by atoms with Gasteiger partial charge in [0.05, 0.1) is 18.5 Å². The van der Waals surface area contributed by atoms with Crippen LogP contribution in [0.3, 0.4) is 0 Å². The molecule has 0 radical (unpaired) electrons. The maximum Gasteiger partial charge on any atom is 0.193 e. The summed E-state index contributed by atoms with van der Waals surface area (Å²) in [4.78, 5) is 6.43. The molecule has 3 rings (SSSR count). The fourth-order valence-corrected chi connectivity index (χ4v) is 2.58. The standard InChI is InChI=1S/C19H27N5O.HI/c1-20-19(23(2)10-11-25-15-16-8-9-16)21-12-17-13-22-24(14-17)18-6-4-3-5-7-18;/h3-7,13-14,16H,8-12,15H2,1-2H3,(H,20,21);1H. The fourth-order valence-electron chi connectivity index (χ4n) is 2.58. The first-order valence-corrected chi connectivity index (χ1v) is 8.85. The van der Waals surface area contributed by atoms with Gasteiger partial charge in [-0.15, -0.1) is 24.0 Å². The van der Waals surface area contributed by atoms with Crippen LogP contribution in [0.15, 0.2) is 47.7 Å². The fraction of sp³-hybridized carbons (Fsp3) is 0.474. The lowest BCUT2D eigenvalue weighted by Crippen LogP contribution is -2.40. The Morgan fingerprint density at radius 3 is 2.81 bits per heavy atom. The van der Waals surface area contributed by atoms with Crippen LogP contribution >= 0.6 is 24.0 Å². The molecule has 142 valence electrons. The summed E-state index contributed by atoms with van der Waals surface area (Å²) in [7, 11) is 3.83. The van der Waals surface area contributed by atoms with E-state index in [0.717, 1.165) is 42.9 Å². The summed E-state index contributed by atoms with van der Waals surface area (Å²) in [5.74, 6) is 1.67. The number of guanidine groups is 1. The van der Waals surface area contributed by atoms with E-state index in [1.54, 1.807) is 7.05 Å². The Balaban J connectivity index is 0.00000243. The van der Waals surface area contributed by atoms with Crippen molar-refractivity contribution < 1.29 is 4.74 Å². The molecule has 6 nitrogen and oxygen atoms in total. The Bertz CT molecular complexity index is 684. The Kier molecular flexibility index (Phi) is 8.37. The molecule has 1 aliphatic carbocycles. The van der Waals surface area contributed by atoms with Gasteiger partial charge in [-0.3, -0.25) is 4.99 Å². The smallest absolute Gasteiger partial charge is 0.193 e. The molecule has 1 aromatic heterocycles. The van der Waals surface area contributed by atoms with Crippen LogP contribution in [0.4, 0.5) is 0 Å². The number of hydrogen-bond acceptors (Lipinski definition) is 3. The van der Waals surface area contributed by atoms with E-state index >= 15 is 0 Å². The third-order valence-electron chi connectivity index (χ3n) is 4.30. The molecule has 1 N–H and O–H groups in total. The van der Waals surface area contributed by atoms with Crippen molar-refractivity contribution in [3.8, 4) is 5.69 Å². The minimum absolute atomic E-state index is 0. The number of benzene rings is 1. The second-order valence-electron chi connectivity index (χ2n) is 6.47. The van der Waals surface area contributed by atoms with Gasteiger partial charge in [-0.1, -0.05) is 18.2 Å². The molecule has 1 fully saturated rings. The van der Waals surface area contributed by atoms with Crippen molar-refractivity contribution in [2.24, 2.45) is 10.9 Å². The second kappa shape index (κ2) is 10.5. The number of rotatable bonds is 8. The number of nitrogens with one attached hydrogen (secondary N) is 1. The molecule has 26 heavy (non-hydrogen) atoms. The molecule has 0 aliphatic heterocycles. The summed E-state index contributed by atoms with van der Waals surface area (Å²) in [5.41, 5.74) is 2.17. The highest BCUT2D eigenvalue weighted by Crippen LogP contribution is 2.28. The Morgan fingerprint density at radius 1 is 1.35 bits per heavy atom. The van der Waals surface area contributed by atoms with Gasteiger partial charge in [-0.25, -0.2) is 4.68 Å². The highest BCUT2D eigenvalue weighted by Gasteiger charge is 2.21. The zero-order valence-corrected chi connectivity index (χ0v) is 17.8. The van der Waals surface area contributed by atoms with E-state index in [4.69, 9.17) is 4.74 Å².